The summed E-state index contributed by atoms with van der Waals surface area (Å²) < 4.78 is 28.7. The van der Waals surface area contributed by atoms with E-state index < -0.39 is 9.84 Å². The maximum absolute atomic E-state index is 12.4. The number of anilines is 1. The van der Waals surface area contributed by atoms with E-state index in [0.717, 1.165) is 10.6 Å². The molecule has 0 fully saturated rings. The molecule has 0 spiro atoms. The second-order valence-electron chi connectivity index (χ2n) is 6.14. The summed E-state index contributed by atoms with van der Waals surface area (Å²) in [6, 6.07) is 5.82. The van der Waals surface area contributed by atoms with Crippen molar-refractivity contribution in [3.63, 3.8) is 0 Å². The summed E-state index contributed by atoms with van der Waals surface area (Å²) in [4.78, 5) is 31.5. The summed E-state index contributed by atoms with van der Waals surface area (Å²) in [5, 5.41) is 3.19. The molecular formula is C18H21N3O5S2. The van der Waals surface area contributed by atoms with Crippen LogP contribution in [0.4, 0.5) is 9.93 Å². The number of sulfone groups is 1. The van der Waals surface area contributed by atoms with Gasteiger partial charge in [-0.05, 0) is 31.2 Å². The van der Waals surface area contributed by atoms with E-state index in [9.17, 15) is 18.0 Å². The van der Waals surface area contributed by atoms with Crippen molar-refractivity contribution in [2.24, 2.45) is 0 Å². The molecule has 2 amide bonds. The molecule has 28 heavy (non-hydrogen) atoms. The normalized spacial score (nSPS) is 13.7. The molecule has 0 atom stereocenters. The number of carbonyl (C=O) groups excluding carboxylic acids is 2. The predicted molar refractivity (Wildman–Crippen MR) is 105 cm³/mol. The molecule has 2 aromatic rings. The lowest BCUT2D eigenvalue weighted by Crippen LogP contribution is -2.35. The van der Waals surface area contributed by atoms with Gasteiger partial charge in [0.15, 0.2) is 15.0 Å². The molecule has 2 heterocycles. The molecule has 1 aromatic carbocycles. The summed E-state index contributed by atoms with van der Waals surface area (Å²) in [6.07, 6.45) is 0.249. The quantitative estimate of drug-likeness (QED) is 0.793. The van der Waals surface area contributed by atoms with Crippen molar-refractivity contribution in [2.45, 2.75) is 31.7 Å². The number of rotatable bonds is 5. The van der Waals surface area contributed by atoms with Crippen LogP contribution in [0.5, 0.6) is 0 Å². The van der Waals surface area contributed by atoms with Crippen molar-refractivity contribution >= 4 is 38.3 Å². The smallest absolute Gasteiger partial charge is 0.410 e. The zero-order valence-corrected chi connectivity index (χ0v) is 17.2. The first-order valence-electron chi connectivity index (χ1n) is 8.88. The highest BCUT2D eigenvalue weighted by Gasteiger charge is 2.25. The molecule has 0 saturated carbocycles. The number of ether oxygens (including phenoxy) is 1. The Hall–Kier alpha value is -2.46. The molecule has 150 valence electrons. The van der Waals surface area contributed by atoms with Crippen molar-refractivity contribution in [3.8, 4) is 0 Å². The molecule has 8 nitrogen and oxygen atoms in total. The Morgan fingerprint density at radius 3 is 2.61 bits per heavy atom. The zero-order valence-electron chi connectivity index (χ0n) is 15.6. The second kappa shape index (κ2) is 8.27. The topological polar surface area (TPSA) is 106 Å². The summed E-state index contributed by atoms with van der Waals surface area (Å²) >= 11 is 1.32. The number of aromatic nitrogens is 1. The first-order chi connectivity index (χ1) is 13.3. The molecule has 1 aromatic heterocycles. The molecule has 3 rings (SSSR count). The Morgan fingerprint density at radius 1 is 1.25 bits per heavy atom. The first kappa shape index (κ1) is 20.3. The van der Waals surface area contributed by atoms with Gasteiger partial charge in [0.2, 0.25) is 0 Å². The number of hydrogen-bond donors (Lipinski definition) is 1. The number of hydrogen-bond acceptors (Lipinski definition) is 7. The lowest BCUT2D eigenvalue weighted by Gasteiger charge is -2.24. The van der Waals surface area contributed by atoms with Gasteiger partial charge in [-0.2, -0.15) is 0 Å². The summed E-state index contributed by atoms with van der Waals surface area (Å²) in [5.74, 6) is -0.361. The number of amides is 2. The minimum absolute atomic E-state index is 0.00598. The van der Waals surface area contributed by atoms with Crippen molar-refractivity contribution in [1.29, 1.82) is 0 Å². The Balaban J connectivity index is 1.68. The third kappa shape index (κ3) is 4.33. The molecule has 0 saturated heterocycles. The molecule has 0 aliphatic carbocycles. The van der Waals surface area contributed by atoms with Crippen LogP contribution < -0.4 is 5.32 Å². The van der Waals surface area contributed by atoms with E-state index >= 15 is 0 Å². The van der Waals surface area contributed by atoms with Crippen LogP contribution in [0.2, 0.25) is 0 Å². The third-order valence-electron chi connectivity index (χ3n) is 4.33. The fraction of sp³-hybridized carbons (Fsp3) is 0.389. The van der Waals surface area contributed by atoms with Crippen LogP contribution in [0.15, 0.2) is 29.2 Å². The van der Waals surface area contributed by atoms with E-state index in [1.807, 2.05) is 0 Å². The number of fused-ring (bicyclic) bond motifs is 1. The number of benzene rings is 1. The minimum atomic E-state index is -3.30. The molecular weight excluding hydrogens is 402 g/mol. The standard InChI is InChI=1S/C18H21N3O5S2/c1-3-26-18(23)21-10-9-14-15(11-21)27-17(19-14)20-16(22)12-5-7-13(8-6-12)28(24,25)4-2/h5-8H,3-4,9-11H2,1-2H3,(H,19,20,22). The van der Waals surface area contributed by atoms with Gasteiger partial charge in [0.25, 0.3) is 5.91 Å². The van der Waals surface area contributed by atoms with E-state index in [2.05, 4.69) is 10.3 Å². The highest BCUT2D eigenvalue weighted by Crippen LogP contribution is 2.29. The molecule has 1 aliphatic heterocycles. The minimum Gasteiger partial charge on any atom is -0.450 e. The molecule has 0 bridgehead atoms. The lowest BCUT2D eigenvalue weighted by molar-refractivity contribution is 0.102. The van der Waals surface area contributed by atoms with E-state index in [1.165, 1.54) is 35.6 Å². The van der Waals surface area contributed by atoms with Gasteiger partial charge < -0.3 is 9.64 Å². The fourth-order valence-electron chi connectivity index (χ4n) is 2.77. The molecule has 10 heteroatoms. The van der Waals surface area contributed by atoms with Gasteiger partial charge in [0, 0.05) is 23.4 Å². The Labute approximate surface area is 167 Å². The highest BCUT2D eigenvalue weighted by molar-refractivity contribution is 7.91. The SMILES string of the molecule is CCOC(=O)N1CCc2nc(NC(=O)c3ccc(S(=O)(=O)CC)cc3)sc2C1. The molecule has 1 N–H and O–H groups in total. The van der Waals surface area contributed by atoms with Gasteiger partial charge in [0.1, 0.15) is 0 Å². The van der Waals surface area contributed by atoms with Crippen LogP contribution in [0.1, 0.15) is 34.8 Å². The summed E-state index contributed by atoms with van der Waals surface area (Å²) in [7, 11) is -3.30. The van der Waals surface area contributed by atoms with Crippen LogP contribution in [-0.2, 0) is 27.5 Å². The Bertz CT molecular complexity index is 983. The largest absolute Gasteiger partial charge is 0.450 e. The molecule has 1 aliphatic rings. The number of carbonyl (C=O) groups is 2. The lowest BCUT2D eigenvalue weighted by atomic mass is 10.2. The summed E-state index contributed by atoms with van der Waals surface area (Å²) in [6.45, 7) is 4.59. The maximum atomic E-state index is 12.4. The van der Waals surface area contributed by atoms with E-state index in [-0.39, 0.29) is 22.6 Å². The monoisotopic (exact) mass is 423 g/mol. The average molecular weight is 424 g/mol. The van der Waals surface area contributed by atoms with Crippen molar-refractivity contribution < 1.29 is 22.7 Å². The predicted octanol–water partition coefficient (Wildman–Crippen LogP) is 2.70. The zero-order chi connectivity index (χ0) is 20.3. The Morgan fingerprint density at radius 2 is 1.96 bits per heavy atom. The van der Waals surface area contributed by atoms with Gasteiger partial charge in [-0.1, -0.05) is 18.3 Å². The van der Waals surface area contributed by atoms with Crippen LogP contribution >= 0.6 is 11.3 Å². The third-order valence-corrected chi connectivity index (χ3v) is 7.08. The maximum Gasteiger partial charge on any atom is 0.410 e. The van der Waals surface area contributed by atoms with Gasteiger partial charge in [-0.3, -0.25) is 10.1 Å². The van der Waals surface area contributed by atoms with Crippen LogP contribution in [-0.4, -0.2) is 49.2 Å². The van der Waals surface area contributed by atoms with E-state index in [1.54, 1.807) is 18.7 Å². The van der Waals surface area contributed by atoms with Crippen molar-refractivity contribution in [2.75, 3.05) is 24.2 Å². The highest BCUT2D eigenvalue weighted by atomic mass is 32.2. The van der Waals surface area contributed by atoms with E-state index in [0.29, 0.717) is 36.8 Å². The van der Waals surface area contributed by atoms with Crippen LogP contribution in [0.3, 0.4) is 0 Å². The second-order valence-corrected chi connectivity index (χ2v) is 9.50. The van der Waals surface area contributed by atoms with Gasteiger partial charge >= 0.3 is 6.09 Å². The number of nitrogens with zero attached hydrogens (tertiary/aromatic N) is 2. The van der Waals surface area contributed by atoms with Crippen molar-refractivity contribution in [1.82, 2.24) is 9.88 Å². The number of nitrogens with one attached hydrogen (secondary N) is 1. The van der Waals surface area contributed by atoms with Crippen molar-refractivity contribution in [3.05, 3.63) is 40.4 Å². The van der Waals surface area contributed by atoms with Crippen LogP contribution in [0.25, 0.3) is 0 Å². The van der Waals surface area contributed by atoms with Gasteiger partial charge in [0.05, 0.1) is 29.5 Å². The molecule has 0 unspecified atom stereocenters. The Kier molecular flexibility index (Phi) is 5.99. The first-order valence-corrected chi connectivity index (χ1v) is 11.4. The van der Waals surface area contributed by atoms with E-state index in [4.69, 9.17) is 4.74 Å². The van der Waals surface area contributed by atoms with Gasteiger partial charge in [-0.25, -0.2) is 18.2 Å². The fourth-order valence-corrected chi connectivity index (χ4v) is 4.67. The summed E-state index contributed by atoms with van der Waals surface area (Å²) in [5.41, 5.74) is 1.21. The number of thiazole rings is 1. The molecule has 0 radical (unpaired) electrons. The van der Waals surface area contributed by atoms with Crippen LogP contribution in [0, 0.1) is 0 Å². The average Bonchev–Trinajstić information content (AvgIpc) is 3.09. The van der Waals surface area contributed by atoms with Gasteiger partial charge in [-0.15, -0.1) is 0 Å².